The number of fused-ring (bicyclic) bond motifs is 1. The van der Waals surface area contributed by atoms with Crippen molar-refractivity contribution < 1.29 is 23.1 Å². The van der Waals surface area contributed by atoms with Gasteiger partial charge in [-0.2, -0.15) is 0 Å². The second kappa shape index (κ2) is 7.61. The lowest BCUT2D eigenvalue weighted by Gasteiger charge is -2.14. The lowest BCUT2D eigenvalue weighted by atomic mass is 10.0. The molecule has 2 N–H and O–H groups in total. The summed E-state index contributed by atoms with van der Waals surface area (Å²) >= 11 is 5.88. The Hall–Kier alpha value is -2.91. The van der Waals surface area contributed by atoms with E-state index in [2.05, 4.69) is 10.3 Å². The summed E-state index contributed by atoms with van der Waals surface area (Å²) in [6.07, 6.45) is 3.74. The Morgan fingerprint density at radius 1 is 1.25 bits per heavy atom. The number of halogens is 1. The van der Waals surface area contributed by atoms with Crippen LogP contribution in [0.3, 0.4) is 0 Å². The van der Waals surface area contributed by atoms with Crippen LogP contribution < -0.4 is 5.32 Å². The molecular weight excluding hydrogens is 406 g/mol. The van der Waals surface area contributed by atoms with Crippen molar-refractivity contribution in [3.8, 4) is 0 Å². The van der Waals surface area contributed by atoms with Gasteiger partial charge in [0, 0.05) is 24.2 Å². The molecule has 0 fully saturated rings. The quantitative estimate of drug-likeness (QED) is 0.587. The average Bonchev–Trinajstić information content (AvgIpc) is 3.00. The maximum absolute atomic E-state index is 12.4. The highest BCUT2D eigenvalue weighted by Crippen LogP contribution is 2.24. The molecule has 1 atom stereocenters. The van der Waals surface area contributed by atoms with E-state index in [1.54, 1.807) is 24.3 Å². The number of carbonyl (C=O) groups excluding carboxylic acids is 1. The monoisotopic (exact) mass is 421 g/mol. The first-order valence-electron chi connectivity index (χ1n) is 8.12. The van der Waals surface area contributed by atoms with Crippen molar-refractivity contribution in [3.05, 3.63) is 65.1 Å². The van der Waals surface area contributed by atoms with Crippen molar-refractivity contribution >= 4 is 44.4 Å². The van der Waals surface area contributed by atoms with Crippen LogP contribution in [0.2, 0.25) is 5.15 Å². The van der Waals surface area contributed by atoms with E-state index in [0.29, 0.717) is 16.5 Å². The van der Waals surface area contributed by atoms with E-state index >= 15 is 0 Å². The van der Waals surface area contributed by atoms with Gasteiger partial charge in [0.1, 0.15) is 11.2 Å². The van der Waals surface area contributed by atoms with Gasteiger partial charge in [-0.05, 0) is 23.8 Å². The summed E-state index contributed by atoms with van der Waals surface area (Å²) in [5, 5.41) is 12.5. The SMILES string of the molecule is CS(=O)(=O)n1cc(CC(NC(=O)c2cccnc2Cl)C(=O)O)c2ccccc21. The number of benzene rings is 1. The number of amides is 1. The Morgan fingerprint density at radius 2 is 1.96 bits per heavy atom. The summed E-state index contributed by atoms with van der Waals surface area (Å²) in [5.41, 5.74) is 0.964. The molecule has 1 aromatic carbocycles. The van der Waals surface area contributed by atoms with Crippen LogP contribution in [0.15, 0.2) is 48.8 Å². The van der Waals surface area contributed by atoms with Crippen LogP contribution in [0.25, 0.3) is 10.9 Å². The fourth-order valence-corrected chi connectivity index (χ4v) is 3.91. The summed E-state index contributed by atoms with van der Waals surface area (Å²) in [4.78, 5) is 27.9. The molecular formula is C18H16ClN3O5S. The minimum Gasteiger partial charge on any atom is -0.480 e. The molecule has 0 aliphatic rings. The predicted molar refractivity (Wildman–Crippen MR) is 104 cm³/mol. The van der Waals surface area contributed by atoms with Crippen LogP contribution in [0.5, 0.6) is 0 Å². The topological polar surface area (TPSA) is 118 Å². The normalized spacial score (nSPS) is 12.6. The van der Waals surface area contributed by atoms with Crippen molar-refractivity contribution in [2.75, 3.05) is 6.26 Å². The van der Waals surface area contributed by atoms with E-state index in [-0.39, 0.29) is 17.1 Å². The second-order valence-corrected chi connectivity index (χ2v) is 8.36. The van der Waals surface area contributed by atoms with Crippen molar-refractivity contribution in [1.82, 2.24) is 14.3 Å². The van der Waals surface area contributed by atoms with E-state index in [4.69, 9.17) is 11.6 Å². The third-order valence-corrected chi connectivity index (χ3v) is 5.47. The zero-order valence-corrected chi connectivity index (χ0v) is 16.2. The Bertz CT molecular complexity index is 1170. The Balaban J connectivity index is 1.95. The van der Waals surface area contributed by atoms with Crippen LogP contribution in [0.1, 0.15) is 15.9 Å². The molecule has 1 unspecified atom stereocenters. The van der Waals surface area contributed by atoms with Gasteiger partial charge in [0.25, 0.3) is 5.91 Å². The number of carboxylic acids is 1. The number of hydrogen-bond donors (Lipinski definition) is 2. The minimum atomic E-state index is -3.58. The van der Waals surface area contributed by atoms with E-state index in [1.807, 2.05) is 0 Å². The van der Waals surface area contributed by atoms with E-state index in [1.165, 1.54) is 24.5 Å². The van der Waals surface area contributed by atoms with Gasteiger partial charge < -0.3 is 10.4 Å². The number of aromatic nitrogens is 2. The molecule has 28 heavy (non-hydrogen) atoms. The van der Waals surface area contributed by atoms with Crippen LogP contribution in [0.4, 0.5) is 0 Å². The molecule has 2 heterocycles. The smallest absolute Gasteiger partial charge is 0.326 e. The summed E-state index contributed by atoms with van der Waals surface area (Å²) in [6, 6.07) is 8.39. The standard InChI is InChI=1S/C18H16ClN3O5S/c1-28(26,27)22-10-11(12-5-2-3-7-15(12)22)9-14(18(24)25)21-17(23)13-6-4-8-20-16(13)19/h2-8,10,14H,9H2,1H3,(H,21,23)(H,24,25). The third-order valence-electron chi connectivity index (χ3n) is 4.15. The molecule has 0 aliphatic carbocycles. The number of nitrogens with zero attached hydrogens (tertiary/aromatic N) is 2. The van der Waals surface area contributed by atoms with E-state index in [0.717, 1.165) is 10.2 Å². The zero-order valence-electron chi connectivity index (χ0n) is 14.7. The molecule has 10 heteroatoms. The molecule has 0 spiro atoms. The van der Waals surface area contributed by atoms with Crippen molar-refractivity contribution in [1.29, 1.82) is 0 Å². The Kier molecular flexibility index (Phi) is 5.39. The zero-order chi connectivity index (χ0) is 20.5. The first-order valence-corrected chi connectivity index (χ1v) is 10.3. The molecule has 0 radical (unpaired) electrons. The van der Waals surface area contributed by atoms with Crippen LogP contribution in [-0.2, 0) is 21.2 Å². The van der Waals surface area contributed by atoms with Crippen LogP contribution in [0, 0.1) is 0 Å². The first-order chi connectivity index (χ1) is 13.2. The highest BCUT2D eigenvalue weighted by Gasteiger charge is 2.25. The number of pyridine rings is 1. The number of carboxylic acid groups (broad SMARTS) is 1. The first kappa shape index (κ1) is 19.8. The molecule has 0 saturated heterocycles. The van der Waals surface area contributed by atoms with Gasteiger partial charge in [0.15, 0.2) is 0 Å². The molecule has 3 aromatic rings. The van der Waals surface area contributed by atoms with Gasteiger partial charge in [-0.25, -0.2) is 22.2 Å². The molecule has 8 nitrogen and oxygen atoms in total. The summed E-state index contributed by atoms with van der Waals surface area (Å²) < 4.78 is 25.2. The highest BCUT2D eigenvalue weighted by molar-refractivity contribution is 7.89. The van der Waals surface area contributed by atoms with Gasteiger partial charge in [-0.1, -0.05) is 29.8 Å². The minimum absolute atomic E-state index is 0.0437. The molecule has 0 bridgehead atoms. The predicted octanol–water partition coefficient (Wildman–Crippen LogP) is 1.92. The summed E-state index contributed by atoms with van der Waals surface area (Å²) in [5.74, 6) is -1.94. The molecule has 3 rings (SSSR count). The molecule has 0 saturated carbocycles. The summed E-state index contributed by atoms with van der Waals surface area (Å²) in [6.45, 7) is 0. The van der Waals surface area contributed by atoms with Gasteiger partial charge in [0.05, 0.1) is 17.3 Å². The maximum atomic E-state index is 12.4. The van der Waals surface area contributed by atoms with Gasteiger partial charge in [-0.15, -0.1) is 0 Å². The number of rotatable bonds is 6. The van der Waals surface area contributed by atoms with Crippen molar-refractivity contribution in [2.24, 2.45) is 0 Å². The van der Waals surface area contributed by atoms with Gasteiger partial charge in [0.2, 0.25) is 10.0 Å². The Labute approximate surface area is 165 Å². The number of aliphatic carboxylic acids is 1. The van der Waals surface area contributed by atoms with Crippen molar-refractivity contribution in [3.63, 3.8) is 0 Å². The molecule has 2 aromatic heterocycles. The number of hydrogen-bond acceptors (Lipinski definition) is 5. The fourth-order valence-electron chi connectivity index (χ4n) is 2.87. The summed E-state index contributed by atoms with van der Waals surface area (Å²) in [7, 11) is -3.58. The van der Waals surface area contributed by atoms with Gasteiger partial charge in [-0.3, -0.25) is 4.79 Å². The highest BCUT2D eigenvalue weighted by atomic mass is 35.5. The number of nitrogens with one attached hydrogen (secondary N) is 1. The van der Waals surface area contributed by atoms with E-state index in [9.17, 15) is 23.1 Å². The maximum Gasteiger partial charge on any atom is 0.326 e. The van der Waals surface area contributed by atoms with Crippen molar-refractivity contribution in [2.45, 2.75) is 12.5 Å². The molecule has 146 valence electrons. The van der Waals surface area contributed by atoms with Crippen LogP contribution in [-0.4, -0.2) is 46.7 Å². The molecule has 1 amide bonds. The van der Waals surface area contributed by atoms with E-state index < -0.39 is 27.9 Å². The average molecular weight is 422 g/mol. The second-order valence-electron chi connectivity index (χ2n) is 6.14. The fraction of sp³-hybridized carbons (Fsp3) is 0.167. The number of para-hydroxylation sites is 1. The van der Waals surface area contributed by atoms with Crippen LogP contribution >= 0.6 is 11.6 Å². The number of carbonyl (C=O) groups is 2. The van der Waals surface area contributed by atoms with Gasteiger partial charge >= 0.3 is 5.97 Å². The molecule has 0 aliphatic heterocycles. The third kappa shape index (κ3) is 4.00. The largest absolute Gasteiger partial charge is 0.480 e. The lowest BCUT2D eigenvalue weighted by Crippen LogP contribution is -2.42. The lowest BCUT2D eigenvalue weighted by molar-refractivity contribution is -0.139. The Morgan fingerprint density at radius 3 is 2.61 bits per heavy atom.